The number of benzene rings is 3. The second kappa shape index (κ2) is 16.2. The van der Waals surface area contributed by atoms with Gasteiger partial charge in [-0.3, -0.25) is 0 Å². The van der Waals surface area contributed by atoms with Gasteiger partial charge in [0, 0.05) is 35.6 Å². The van der Waals surface area contributed by atoms with E-state index in [9.17, 15) is 13.2 Å². The van der Waals surface area contributed by atoms with Crippen LogP contribution in [0.3, 0.4) is 0 Å². The van der Waals surface area contributed by atoms with Crippen LogP contribution in [0.25, 0.3) is 11.2 Å². The van der Waals surface area contributed by atoms with Gasteiger partial charge in [0.15, 0.2) is 5.65 Å². The highest BCUT2D eigenvalue weighted by molar-refractivity contribution is 7.99. The van der Waals surface area contributed by atoms with E-state index in [0.717, 1.165) is 46.2 Å². The minimum atomic E-state index is -4.44. The fourth-order valence-corrected chi connectivity index (χ4v) is 5.68. The van der Waals surface area contributed by atoms with Gasteiger partial charge in [-0.2, -0.15) is 24.9 Å². The van der Waals surface area contributed by atoms with Crippen molar-refractivity contribution in [3.05, 3.63) is 142 Å². The molecule has 50 heavy (non-hydrogen) atoms. The molecule has 0 atom stereocenters. The molecule has 0 saturated heterocycles. The third kappa shape index (κ3) is 9.13. The molecule has 3 heterocycles. The van der Waals surface area contributed by atoms with Crippen molar-refractivity contribution in [1.29, 1.82) is 0 Å². The SMILES string of the molecule is COCc1nc2c(N=C(c3ccccc3)c3ccccc3)cc(C3=CCOCC3)cn2c1Cc1cccc(C(F)(F)F)c1C.CSC(C)(C)C. The molecule has 0 radical (unpaired) electrons. The van der Waals surface area contributed by atoms with Gasteiger partial charge in [-0.05, 0) is 54.0 Å². The van der Waals surface area contributed by atoms with E-state index >= 15 is 0 Å². The molecule has 0 aliphatic carbocycles. The molecule has 5 aromatic rings. The van der Waals surface area contributed by atoms with Crippen LogP contribution in [0.5, 0.6) is 0 Å². The smallest absolute Gasteiger partial charge is 0.378 e. The number of methoxy groups -OCH3 is 1. The number of nitrogens with zero attached hydrogens (tertiary/aromatic N) is 3. The van der Waals surface area contributed by atoms with E-state index in [2.05, 4.69) is 33.1 Å². The summed E-state index contributed by atoms with van der Waals surface area (Å²) in [6, 6.07) is 26.3. The van der Waals surface area contributed by atoms with Gasteiger partial charge >= 0.3 is 6.18 Å². The highest BCUT2D eigenvalue weighted by Gasteiger charge is 2.33. The van der Waals surface area contributed by atoms with E-state index < -0.39 is 11.7 Å². The van der Waals surface area contributed by atoms with Crippen LogP contribution in [0.4, 0.5) is 18.9 Å². The summed E-state index contributed by atoms with van der Waals surface area (Å²) in [4.78, 5) is 10.2. The Morgan fingerprint density at radius 1 is 0.960 bits per heavy atom. The maximum absolute atomic E-state index is 13.8. The highest BCUT2D eigenvalue weighted by atomic mass is 32.2. The molecule has 6 rings (SSSR count). The number of ether oxygens (including phenoxy) is 2. The second-order valence-corrected chi connectivity index (χ2v) is 14.7. The number of fused-ring (bicyclic) bond motifs is 1. The first kappa shape index (κ1) is 37.1. The number of halogens is 3. The molecule has 5 nitrogen and oxygen atoms in total. The Balaban J connectivity index is 0.000000745. The second-order valence-electron chi connectivity index (χ2n) is 13.1. The molecule has 0 unspecified atom stereocenters. The van der Waals surface area contributed by atoms with Gasteiger partial charge in [0.25, 0.3) is 0 Å². The first-order chi connectivity index (χ1) is 23.9. The number of pyridine rings is 1. The Hall–Kier alpha value is -4.18. The topological polar surface area (TPSA) is 48.1 Å². The molecular formula is C41H44F3N3O2S. The Kier molecular flexibility index (Phi) is 12.0. The summed E-state index contributed by atoms with van der Waals surface area (Å²) in [5.41, 5.74) is 7.61. The normalized spacial score (nSPS) is 13.4. The van der Waals surface area contributed by atoms with Gasteiger partial charge in [-0.1, -0.05) is 99.6 Å². The Morgan fingerprint density at radius 2 is 1.60 bits per heavy atom. The molecular weight excluding hydrogens is 656 g/mol. The molecule has 0 spiro atoms. The lowest BCUT2D eigenvalue weighted by molar-refractivity contribution is -0.138. The molecule has 262 valence electrons. The van der Waals surface area contributed by atoms with Crippen LogP contribution in [-0.4, -0.2) is 46.4 Å². The average Bonchev–Trinajstić information content (AvgIpc) is 3.45. The van der Waals surface area contributed by atoms with Crippen molar-refractivity contribution >= 4 is 34.4 Å². The molecule has 0 amide bonds. The predicted molar refractivity (Wildman–Crippen MR) is 200 cm³/mol. The minimum Gasteiger partial charge on any atom is -0.378 e. The van der Waals surface area contributed by atoms with Gasteiger partial charge in [0.05, 0.1) is 42.5 Å². The van der Waals surface area contributed by atoms with Crippen molar-refractivity contribution in [2.24, 2.45) is 4.99 Å². The fraction of sp³-hybridized carbons (Fsp3) is 0.317. The van der Waals surface area contributed by atoms with Crippen molar-refractivity contribution in [1.82, 2.24) is 9.38 Å². The van der Waals surface area contributed by atoms with Gasteiger partial charge < -0.3 is 13.9 Å². The van der Waals surface area contributed by atoms with E-state index in [-0.39, 0.29) is 18.6 Å². The number of aromatic nitrogens is 2. The third-order valence-electron chi connectivity index (χ3n) is 8.55. The van der Waals surface area contributed by atoms with Crippen LogP contribution in [-0.2, 0) is 28.7 Å². The van der Waals surface area contributed by atoms with Crippen LogP contribution < -0.4 is 0 Å². The van der Waals surface area contributed by atoms with Crippen LogP contribution in [0.1, 0.15) is 72.0 Å². The summed E-state index contributed by atoms with van der Waals surface area (Å²) >= 11 is 1.88. The summed E-state index contributed by atoms with van der Waals surface area (Å²) in [7, 11) is 1.59. The number of hydrogen-bond acceptors (Lipinski definition) is 5. The average molecular weight is 700 g/mol. The largest absolute Gasteiger partial charge is 0.416 e. The zero-order valence-electron chi connectivity index (χ0n) is 29.5. The predicted octanol–water partition coefficient (Wildman–Crippen LogP) is 10.5. The van der Waals surface area contributed by atoms with E-state index in [1.54, 1.807) is 13.2 Å². The van der Waals surface area contributed by atoms with E-state index in [0.29, 0.717) is 40.6 Å². The third-order valence-corrected chi connectivity index (χ3v) is 9.77. The van der Waals surface area contributed by atoms with Gasteiger partial charge in [-0.15, -0.1) is 0 Å². The maximum atomic E-state index is 13.8. The molecule has 3 aromatic carbocycles. The first-order valence-corrected chi connectivity index (χ1v) is 17.8. The molecule has 0 bridgehead atoms. The lowest BCUT2D eigenvalue weighted by atomic mass is 9.97. The van der Waals surface area contributed by atoms with Crippen LogP contribution in [0, 0.1) is 6.92 Å². The molecule has 9 heteroatoms. The minimum absolute atomic E-state index is 0.203. The number of aliphatic imine (C=N–C) groups is 1. The highest BCUT2D eigenvalue weighted by Crippen LogP contribution is 2.36. The number of imidazole rings is 1. The number of rotatable bonds is 8. The van der Waals surface area contributed by atoms with Crippen LogP contribution in [0.2, 0.25) is 0 Å². The van der Waals surface area contributed by atoms with Gasteiger partial charge in [0.1, 0.15) is 5.69 Å². The molecule has 2 aromatic heterocycles. The zero-order valence-corrected chi connectivity index (χ0v) is 30.3. The van der Waals surface area contributed by atoms with E-state index in [1.807, 2.05) is 89.1 Å². The zero-order chi connectivity index (χ0) is 35.9. The summed E-state index contributed by atoms with van der Waals surface area (Å²) in [5, 5.41) is 0. The van der Waals surface area contributed by atoms with Crippen LogP contribution in [0.15, 0.2) is 102 Å². The van der Waals surface area contributed by atoms with Gasteiger partial charge in [-0.25, -0.2) is 9.98 Å². The summed E-state index contributed by atoms with van der Waals surface area (Å²) in [6.45, 7) is 9.47. The van der Waals surface area contributed by atoms with Crippen molar-refractivity contribution in [2.75, 3.05) is 26.6 Å². The number of alkyl halides is 3. The molecule has 0 N–H and O–H groups in total. The van der Waals surface area contributed by atoms with Crippen molar-refractivity contribution < 1.29 is 22.6 Å². The standard InChI is InChI=1S/C36H32F3N3O2.C5H12S/c1-24-28(14-9-15-30(24)36(37,38)39)21-33-32(23-43-2)41-35-31(20-29(22-42(33)35)25-16-18-44-19-17-25)40-34(26-10-5-3-6-11-26)27-12-7-4-8-13-27;1-5(2,3)6-4/h3-16,20,22H,17-19,21,23H2,1-2H3;1-4H3. The lowest BCUT2D eigenvalue weighted by Gasteiger charge is -2.17. The van der Waals surface area contributed by atoms with E-state index in [1.165, 1.54) is 13.0 Å². The number of hydrogen-bond donors (Lipinski definition) is 0. The fourth-order valence-electron chi connectivity index (χ4n) is 5.68. The van der Waals surface area contributed by atoms with Gasteiger partial charge in [0.2, 0.25) is 0 Å². The summed E-state index contributed by atoms with van der Waals surface area (Å²) in [5.74, 6) is 0. The first-order valence-electron chi connectivity index (χ1n) is 16.6. The Labute approximate surface area is 297 Å². The van der Waals surface area contributed by atoms with Crippen LogP contribution >= 0.6 is 11.8 Å². The molecule has 0 saturated carbocycles. The Morgan fingerprint density at radius 3 is 2.14 bits per heavy atom. The van der Waals surface area contributed by atoms with Crippen molar-refractivity contribution in [3.63, 3.8) is 0 Å². The van der Waals surface area contributed by atoms with Crippen molar-refractivity contribution in [3.8, 4) is 0 Å². The molecule has 1 aliphatic rings. The maximum Gasteiger partial charge on any atom is 0.416 e. The quantitative estimate of drug-likeness (QED) is 0.151. The molecule has 1 aliphatic heterocycles. The summed E-state index contributed by atoms with van der Waals surface area (Å²) in [6.07, 6.45) is 2.75. The van der Waals surface area contributed by atoms with Crippen molar-refractivity contribution in [2.45, 2.75) is 58.1 Å². The molecule has 0 fully saturated rings. The lowest BCUT2D eigenvalue weighted by Crippen LogP contribution is -2.10. The number of thioether (sulfide) groups is 1. The monoisotopic (exact) mass is 699 g/mol. The Bertz CT molecular complexity index is 1920. The summed E-state index contributed by atoms with van der Waals surface area (Å²) < 4.78 is 55.0. The van der Waals surface area contributed by atoms with E-state index in [4.69, 9.17) is 19.5 Å².